The predicted molar refractivity (Wildman–Crippen MR) is 131 cm³/mol. The quantitative estimate of drug-likeness (QED) is 0.609. The van der Waals surface area contributed by atoms with E-state index in [0.717, 1.165) is 11.1 Å². The predicted octanol–water partition coefficient (Wildman–Crippen LogP) is 4.36. The highest BCUT2D eigenvalue weighted by Gasteiger charge is 2.61. The van der Waals surface area contributed by atoms with Gasteiger partial charge in [-0.1, -0.05) is 36.4 Å². The molecule has 1 N–H and O–H groups in total. The van der Waals surface area contributed by atoms with E-state index >= 15 is 0 Å². The lowest BCUT2D eigenvalue weighted by molar-refractivity contribution is -0.124. The molecule has 0 unspecified atom stereocenters. The molecule has 1 saturated heterocycles. The van der Waals surface area contributed by atoms with Crippen LogP contribution in [0.15, 0.2) is 66.7 Å². The van der Waals surface area contributed by atoms with Gasteiger partial charge in [0.2, 0.25) is 16.7 Å². The monoisotopic (exact) mass is 475 g/mol. The lowest BCUT2D eigenvalue weighted by Gasteiger charge is -2.33. The Labute approximate surface area is 200 Å². The summed E-state index contributed by atoms with van der Waals surface area (Å²) in [6.45, 7) is 3.64. The standard InChI is InChI=1S/C26H22FN3O3S/c1-16-11-12-18(13-17(16)2)30-24(32)15-34-26(30)19-7-3-6-10-22(19)29(25(26)33)14-23(31)28-21-9-5-4-8-20(21)27/h3-13H,14-15H2,1-2H3,(H,28,31)/t26-/m0/s1. The number of benzene rings is 3. The third-order valence-electron chi connectivity index (χ3n) is 6.26. The van der Waals surface area contributed by atoms with Gasteiger partial charge in [-0.15, -0.1) is 11.8 Å². The van der Waals surface area contributed by atoms with Crippen molar-refractivity contribution in [3.63, 3.8) is 0 Å². The van der Waals surface area contributed by atoms with Crippen LogP contribution in [0.25, 0.3) is 0 Å². The minimum atomic E-state index is -1.30. The summed E-state index contributed by atoms with van der Waals surface area (Å²) in [6.07, 6.45) is 0. The van der Waals surface area contributed by atoms with Gasteiger partial charge in [-0.2, -0.15) is 0 Å². The number of fused-ring (bicyclic) bond motifs is 2. The molecule has 172 valence electrons. The van der Waals surface area contributed by atoms with Gasteiger partial charge in [0.25, 0.3) is 5.91 Å². The van der Waals surface area contributed by atoms with Crippen LogP contribution in [0.4, 0.5) is 21.5 Å². The first-order valence-electron chi connectivity index (χ1n) is 10.8. The molecule has 2 aliphatic heterocycles. The molecule has 0 aliphatic carbocycles. The zero-order valence-corrected chi connectivity index (χ0v) is 19.5. The number of amides is 3. The molecule has 3 amide bonds. The highest BCUT2D eigenvalue weighted by Crippen LogP contribution is 2.55. The Morgan fingerprint density at radius 1 is 1.03 bits per heavy atom. The van der Waals surface area contributed by atoms with E-state index in [9.17, 15) is 18.8 Å². The molecule has 0 radical (unpaired) electrons. The van der Waals surface area contributed by atoms with E-state index in [1.807, 2.05) is 44.2 Å². The molecule has 3 aromatic rings. The Morgan fingerprint density at radius 3 is 2.53 bits per heavy atom. The number of carbonyl (C=O) groups is 3. The average molecular weight is 476 g/mol. The summed E-state index contributed by atoms with van der Waals surface area (Å²) in [6, 6.07) is 18.7. The number of hydrogen-bond acceptors (Lipinski definition) is 4. The van der Waals surface area contributed by atoms with E-state index in [2.05, 4.69) is 5.32 Å². The van der Waals surface area contributed by atoms with E-state index in [4.69, 9.17) is 0 Å². The summed E-state index contributed by atoms with van der Waals surface area (Å²) >= 11 is 1.25. The summed E-state index contributed by atoms with van der Waals surface area (Å²) in [5, 5.41) is 2.54. The number of para-hydroxylation sites is 2. The van der Waals surface area contributed by atoms with E-state index < -0.39 is 16.6 Å². The maximum absolute atomic E-state index is 14.0. The van der Waals surface area contributed by atoms with Crippen LogP contribution in [0, 0.1) is 19.7 Å². The van der Waals surface area contributed by atoms with Crippen molar-refractivity contribution in [1.82, 2.24) is 0 Å². The molecule has 8 heteroatoms. The zero-order chi connectivity index (χ0) is 24.0. The van der Waals surface area contributed by atoms with Crippen molar-refractivity contribution in [2.45, 2.75) is 18.7 Å². The summed E-state index contributed by atoms with van der Waals surface area (Å²) in [4.78, 5) is 41.5. The molecular weight excluding hydrogens is 453 g/mol. The molecular formula is C26H22FN3O3S. The van der Waals surface area contributed by atoms with Gasteiger partial charge >= 0.3 is 0 Å². The largest absolute Gasteiger partial charge is 0.322 e. The number of nitrogens with zero attached hydrogens (tertiary/aromatic N) is 2. The maximum Gasteiger partial charge on any atom is 0.269 e. The Kier molecular flexibility index (Phi) is 5.40. The molecule has 0 aromatic heterocycles. The van der Waals surface area contributed by atoms with Crippen LogP contribution in [0.5, 0.6) is 0 Å². The molecule has 6 nitrogen and oxygen atoms in total. The van der Waals surface area contributed by atoms with Crippen LogP contribution >= 0.6 is 11.8 Å². The molecule has 1 fully saturated rings. The molecule has 34 heavy (non-hydrogen) atoms. The minimum absolute atomic E-state index is 0.0457. The first kappa shape index (κ1) is 22.2. The van der Waals surface area contributed by atoms with Crippen molar-refractivity contribution in [1.29, 1.82) is 0 Å². The highest BCUT2D eigenvalue weighted by molar-refractivity contribution is 8.02. The van der Waals surface area contributed by atoms with Crippen LogP contribution in [-0.4, -0.2) is 30.0 Å². The van der Waals surface area contributed by atoms with Crippen molar-refractivity contribution >= 4 is 46.5 Å². The number of carbonyl (C=O) groups excluding carboxylic acids is 3. The molecule has 1 spiro atoms. The SMILES string of the molecule is Cc1ccc(N2C(=O)CS[C@@]23C(=O)N(CC(=O)Nc2ccccc2F)c2ccccc23)cc1C. The first-order chi connectivity index (χ1) is 16.3. The van der Waals surface area contributed by atoms with E-state index in [-0.39, 0.29) is 29.8 Å². The fourth-order valence-electron chi connectivity index (χ4n) is 4.47. The minimum Gasteiger partial charge on any atom is -0.322 e. The molecule has 0 bridgehead atoms. The number of anilines is 3. The van der Waals surface area contributed by atoms with Crippen LogP contribution in [-0.2, 0) is 19.3 Å². The van der Waals surface area contributed by atoms with Crippen LogP contribution < -0.4 is 15.1 Å². The van der Waals surface area contributed by atoms with Gasteiger partial charge in [-0.25, -0.2) is 4.39 Å². The fraction of sp³-hybridized carbons (Fsp3) is 0.192. The molecule has 2 aliphatic rings. The fourth-order valence-corrected chi connectivity index (χ4v) is 5.83. The zero-order valence-electron chi connectivity index (χ0n) is 18.7. The second kappa shape index (κ2) is 8.29. The van der Waals surface area contributed by atoms with Gasteiger partial charge in [0.15, 0.2) is 0 Å². The number of hydrogen-bond donors (Lipinski definition) is 1. The third kappa shape index (κ3) is 3.37. The molecule has 0 saturated carbocycles. The average Bonchev–Trinajstić information content (AvgIpc) is 3.28. The van der Waals surface area contributed by atoms with E-state index in [1.165, 1.54) is 34.9 Å². The maximum atomic E-state index is 14.0. The summed E-state index contributed by atoms with van der Waals surface area (Å²) in [5.41, 5.74) is 4.00. The van der Waals surface area contributed by atoms with Crippen LogP contribution in [0.3, 0.4) is 0 Å². The lowest BCUT2D eigenvalue weighted by atomic mass is 10.0. The number of nitrogens with one attached hydrogen (secondary N) is 1. The number of rotatable bonds is 4. The van der Waals surface area contributed by atoms with Crippen LogP contribution in [0.1, 0.15) is 16.7 Å². The first-order valence-corrected chi connectivity index (χ1v) is 11.8. The second-order valence-electron chi connectivity index (χ2n) is 8.37. The number of thioether (sulfide) groups is 1. The second-order valence-corrected chi connectivity index (χ2v) is 9.54. The van der Waals surface area contributed by atoms with Crippen molar-refractivity contribution < 1.29 is 18.8 Å². The molecule has 2 heterocycles. The Hall–Kier alpha value is -3.65. The van der Waals surface area contributed by atoms with Crippen molar-refractivity contribution in [2.24, 2.45) is 0 Å². The van der Waals surface area contributed by atoms with Crippen molar-refractivity contribution in [3.8, 4) is 0 Å². The molecule has 1 atom stereocenters. The molecule has 5 rings (SSSR count). The normalized spacial score (nSPS) is 19.1. The van der Waals surface area contributed by atoms with E-state index in [1.54, 1.807) is 23.1 Å². The van der Waals surface area contributed by atoms with E-state index in [0.29, 0.717) is 16.9 Å². The van der Waals surface area contributed by atoms with Gasteiger partial charge in [-0.05, 0) is 55.3 Å². The summed E-state index contributed by atoms with van der Waals surface area (Å²) in [7, 11) is 0. The number of aryl methyl sites for hydroxylation is 2. The number of halogens is 1. The smallest absolute Gasteiger partial charge is 0.269 e. The van der Waals surface area contributed by atoms with Gasteiger partial charge in [0.1, 0.15) is 12.4 Å². The Morgan fingerprint density at radius 2 is 1.76 bits per heavy atom. The molecule has 3 aromatic carbocycles. The van der Waals surface area contributed by atoms with Gasteiger partial charge < -0.3 is 5.32 Å². The topological polar surface area (TPSA) is 69.7 Å². The summed E-state index contributed by atoms with van der Waals surface area (Å²) < 4.78 is 14.0. The van der Waals surface area contributed by atoms with Gasteiger partial charge in [0, 0.05) is 11.3 Å². The Balaban J connectivity index is 1.53. The highest BCUT2D eigenvalue weighted by atomic mass is 32.2. The summed E-state index contributed by atoms with van der Waals surface area (Å²) in [5.74, 6) is -1.49. The van der Waals surface area contributed by atoms with Crippen LogP contribution in [0.2, 0.25) is 0 Å². The van der Waals surface area contributed by atoms with Gasteiger partial charge in [0.05, 0.1) is 17.1 Å². The van der Waals surface area contributed by atoms with Gasteiger partial charge in [-0.3, -0.25) is 24.2 Å². The van der Waals surface area contributed by atoms with Crippen molar-refractivity contribution in [2.75, 3.05) is 27.4 Å². The van der Waals surface area contributed by atoms with Crippen molar-refractivity contribution in [3.05, 3.63) is 89.2 Å². The Bertz CT molecular complexity index is 1340. The third-order valence-corrected chi connectivity index (χ3v) is 7.65. The lowest BCUT2D eigenvalue weighted by Crippen LogP contribution is -2.51.